The predicted molar refractivity (Wildman–Crippen MR) is 96.6 cm³/mol. The third-order valence-electron chi connectivity index (χ3n) is 4.83. The third kappa shape index (κ3) is 3.37. The second-order valence-corrected chi connectivity index (χ2v) is 6.59. The number of aromatic nitrogens is 1. The molecule has 0 atom stereocenters. The first-order valence-electron chi connectivity index (χ1n) is 8.53. The van der Waals surface area contributed by atoms with Gasteiger partial charge in [-0.25, -0.2) is 0 Å². The van der Waals surface area contributed by atoms with Crippen LogP contribution in [0.25, 0.3) is 10.9 Å². The van der Waals surface area contributed by atoms with Crippen LogP contribution in [0.1, 0.15) is 30.4 Å². The van der Waals surface area contributed by atoms with Gasteiger partial charge in [0.15, 0.2) is 0 Å². The molecule has 1 N–H and O–H groups in total. The van der Waals surface area contributed by atoms with E-state index in [4.69, 9.17) is 0 Å². The quantitative estimate of drug-likeness (QED) is 0.701. The van der Waals surface area contributed by atoms with Gasteiger partial charge < -0.3 is 5.32 Å². The minimum atomic E-state index is 0.846. The van der Waals surface area contributed by atoms with Gasteiger partial charge in [-0.2, -0.15) is 0 Å². The van der Waals surface area contributed by atoms with Crippen LogP contribution in [0.4, 0.5) is 5.69 Å². The molecule has 0 spiro atoms. The molecule has 3 aromatic rings. The van der Waals surface area contributed by atoms with Gasteiger partial charge in [-0.1, -0.05) is 61.7 Å². The van der Waals surface area contributed by atoms with E-state index in [0.717, 1.165) is 23.7 Å². The number of nitrogens with one attached hydrogen (secondary N) is 1. The fourth-order valence-corrected chi connectivity index (χ4v) is 3.27. The van der Waals surface area contributed by atoms with Crippen molar-refractivity contribution in [3.63, 3.8) is 0 Å². The van der Waals surface area contributed by atoms with Gasteiger partial charge in [-0.05, 0) is 35.6 Å². The highest BCUT2D eigenvalue weighted by Crippen LogP contribution is 2.29. The van der Waals surface area contributed by atoms with E-state index in [0.29, 0.717) is 0 Å². The van der Waals surface area contributed by atoms with Crippen LogP contribution in [0.15, 0.2) is 60.8 Å². The lowest BCUT2D eigenvalue weighted by atomic mass is 9.81. The van der Waals surface area contributed by atoms with Gasteiger partial charge in [-0.15, -0.1) is 0 Å². The summed E-state index contributed by atoms with van der Waals surface area (Å²) in [5, 5.41) is 4.68. The van der Waals surface area contributed by atoms with Crippen molar-refractivity contribution in [1.82, 2.24) is 4.98 Å². The monoisotopic (exact) mass is 302 g/mol. The molecule has 1 aliphatic carbocycles. The first-order valence-corrected chi connectivity index (χ1v) is 8.53. The molecule has 0 bridgehead atoms. The van der Waals surface area contributed by atoms with E-state index in [1.165, 1.54) is 42.2 Å². The van der Waals surface area contributed by atoms with Crippen LogP contribution >= 0.6 is 0 Å². The van der Waals surface area contributed by atoms with Gasteiger partial charge in [0.05, 0.1) is 17.4 Å². The van der Waals surface area contributed by atoms with E-state index in [1.54, 1.807) is 0 Å². The Morgan fingerprint density at radius 2 is 1.83 bits per heavy atom. The summed E-state index contributed by atoms with van der Waals surface area (Å²) in [7, 11) is 0. The normalized spacial score (nSPS) is 14.6. The second-order valence-electron chi connectivity index (χ2n) is 6.59. The van der Waals surface area contributed by atoms with Gasteiger partial charge in [0.1, 0.15) is 0 Å². The zero-order valence-corrected chi connectivity index (χ0v) is 13.3. The summed E-state index contributed by atoms with van der Waals surface area (Å²) >= 11 is 0. The maximum Gasteiger partial charge on any atom is 0.0703 e. The topological polar surface area (TPSA) is 24.9 Å². The number of hydrogen-bond donors (Lipinski definition) is 1. The number of benzene rings is 2. The molecule has 0 unspecified atom stereocenters. The molecule has 116 valence electrons. The molecule has 1 aliphatic rings. The lowest BCUT2D eigenvalue weighted by Crippen LogP contribution is -2.13. The maximum absolute atomic E-state index is 4.51. The molecular weight excluding hydrogens is 280 g/mol. The van der Waals surface area contributed by atoms with Gasteiger partial charge in [0.2, 0.25) is 0 Å². The highest BCUT2D eigenvalue weighted by molar-refractivity contribution is 5.81. The lowest BCUT2D eigenvalue weighted by molar-refractivity contribution is 0.314. The maximum atomic E-state index is 4.51. The summed E-state index contributed by atoms with van der Waals surface area (Å²) in [4.78, 5) is 4.51. The summed E-state index contributed by atoms with van der Waals surface area (Å²) in [5.41, 5.74) is 4.94. The van der Waals surface area contributed by atoms with Crippen molar-refractivity contribution in [3.05, 3.63) is 71.9 Å². The summed E-state index contributed by atoms with van der Waals surface area (Å²) in [6, 6.07) is 19.4. The molecule has 4 rings (SSSR count). The number of hydrogen-bond acceptors (Lipinski definition) is 2. The minimum absolute atomic E-state index is 0.846. The van der Waals surface area contributed by atoms with Gasteiger partial charge >= 0.3 is 0 Å². The largest absolute Gasteiger partial charge is 0.380 e. The van der Waals surface area contributed by atoms with Crippen LogP contribution in [0.5, 0.6) is 0 Å². The van der Waals surface area contributed by atoms with Gasteiger partial charge in [-0.3, -0.25) is 4.98 Å². The molecule has 2 aromatic carbocycles. The summed E-state index contributed by atoms with van der Waals surface area (Å²) in [6.07, 6.45) is 7.39. The Morgan fingerprint density at radius 1 is 0.957 bits per heavy atom. The van der Waals surface area contributed by atoms with Crippen molar-refractivity contribution in [3.8, 4) is 0 Å². The average molecular weight is 302 g/mol. The number of para-hydroxylation sites is 1. The van der Waals surface area contributed by atoms with Crippen LogP contribution in [0.2, 0.25) is 0 Å². The van der Waals surface area contributed by atoms with E-state index < -0.39 is 0 Å². The standard InChI is InChI=1S/C21H22N2/c1-2-10-21-19(9-1)13-20(15-23-21)22-14-18-8-4-7-17(12-18)11-16-5-3-6-16/h1-2,4,7-10,12-13,15-16,22H,3,5-6,11,14H2. The minimum Gasteiger partial charge on any atom is -0.380 e. The zero-order chi connectivity index (χ0) is 15.5. The van der Waals surface area contributed by atoms with Crippen LogP contribution in [0.3, 0.4) is 0 Å². The van der Waals surface area contributed by atoms with Crippen molar-refractivity contribution in [2.75, 3.05) is 5.32 Å². The zero-order valence-electron chi connectivity index (χ0n) is 13.3. The van der Waals surface area contributed by atoms with E-state index in [9.17, 15) is 0 Å². The Hall–Kier alpha value is -2.35. The molecule has 0 radical (unpaired) electrons. The summed E-state index contributed by atoms with van der Waals surface area (Å²) < 4.78 is 0. The molecular formula is C21H22N2. The molecule has 2 heteroatoms. The predicted octanol–water partition coefficient (Wildman–Crippen LogP) is 5.19. The number of nitrogens with zero attached hydrogens (tertiary/aromatic N) is 1. The van der Waals surface area contributed by atoms with Crippen molar-refractivity contribution in [2.24, 2.45) is 5.92 Å². The molecule has 1 aromatic heterocycles. The lowest BCUT2D eigenvalue weighted by Gasteiger charge is -2.25. The van der Waals surface area contributed by atoms with E-state index in [-0.39, 0.29) is 0 Å². The first-order chi connectivity index (χ1) is 11.4. The molecule has 2 nitrogen and oxygen atoms in total. The highest BCUT2D eigenvalue weighted by Gasteiger charge is 2.17. The van der Waals surface area contributed by atoms with Crippen molar-refractivity contribution < 1.29 is 0 Å². The molecule has 0 saturated heterocycles. The molecule has 1 heterocycles. The van der Waals surface area contributed by atoms with Crippen molar-refractivity contribution in [1.29, 1.82) is 0 Å². The van der Waals surface area contributed by atoms with Gasteiger partial charge in [0.25, 0.3) is 0 Å². The molecule has 0 aliphatic heterocycles. The highest BCUT2D eigenvalue weighted by atomic mass is 14.9. The van der Waals surface area contributed by atoms with Crippen LogP contribution in [-0.2, 0) is 13.0 Å². The Balaban J connectivity index is 1.43. The van der Waals surface area contributed by atoms with E-state index in [2.05, 4.69) is 52.8 Å². The fourth-order valence-electron chi connectivity index (χ4n) is 3.27. The Bertz CT molecular complexity index is 806. The number of pyridine rings is 1. The Kier molecular flexibility index (Phi) is 3.97. The number of rotatable bonds is 5. The fraction of sp³-hybridized carbons (Fsp3) is 0.286. The van der Waals surface area contributed by atoms with Gasteiger partial charge in [0, 0.05) is 11.9 Å². The summed E-state index contributed by atoms with van der Waals surface area (Å²) in [5.74, 6) is 0.919. The van der Waals surface area contributed by atoms with Crippen LogP contribution < -0.4 is 5.32 Å². The smallest absolute Gasteiger partial charge is 0.0703 e. The third-order valence-corrected chi connectivity index (χ3v) is 4.83. The molecule has 1 saturated carbocycles. The van der Waals surface area contributed by atoms with E-state index in [1.807, 2.05) is 18.3 Å². The SMILES string of the molecule is c1cc(CNc2cnc3ccccc3c2)cc(CC2CCC2)c1. The van der Waals surface area contributed by atoms with Crippen LogP contribution in [-0.4, -0.2) is 4.98 Å². The van der Waals surface area contributed by atoms with Crippen molar-refractivity contribution >= 4 is 16.6 Å². The second kappa shape index (κ2) is 6.41. The summed E-state index contributed by atoms with van der Waals surface area (Å²) in [6.45, 7) is 0.846. The molecule has 0 amide bonds. The number of fused-ring (bicyclic) bond motifs is 1. The molecule has 23 heavy (non-hydrogen) atoms. The molecule has 1 fully saturated rings. The first kappa shape index (κ1) is 14.3. The van der Waals surface area contributed by atoms with Crippen molar-refractivity contribution in [2.45, 2.75) is 32.2 Å². The van der Waals surface area contributed by atoms with Crippen LogP contribution in [0, 0.1) is 5.92 Å². The number of anilines is 1. The average Bonchev–Trinajstić information content (AvgIpc) is 2.57. The van der Waals surface area contributed by atoms with E-state index >= 15 is 0 Å². The Labute approximate surface area is 137 Å². The Morgan fingerprint density at radius 3 is 2.70 bits per heavy atom.